The molecule has 0 amide bonds. The van der Waals surface area contributed by atoms with Gasteiger partial charge in [-0.2, -0.15) is 17.5 Å². The molecule has 0 atom stereocenters. The first-order chi connectivity index (χ1) is 11.8. The van der Waals surface area contributed by atoms with Gasteiger partial charge < -0.3 is 5.11 Å². The molecule has 8 heteroatoms. The average Bonchev–Trinajstić information content (AvgIpc) is 2.59. The van der Waals surface area contributed by atoms with Gasteiger partial charge in [0, 0.05) is 16.5 Å². The lowest BCUT2D eigenvalue weighted by molar-refractivity contribution is -0.165. The fraction of sp³-hybridized carbons (Fsp3) is 0.118. The number of rotatable bonds is 6. The summed E-state index contributed by atoms with van der Waals surface area (Å²) in [5.41, 5.74) is 1.72. The minimum absolute atomic E-state index is 0.106. The smallest absolute Gasteiger partial charge is 0.454 e. The highest BCUT2D eigenvalue weighted by Crippen LogP contribution is 2.27. The van der Waals surface area contributed by atoms with Crippen LogP contribution >= 0.6 is 12.0 Å². The zero-order valence-corrected chi connectivity index (χ0v) is 13.7. The number of aliphatic hydroxyl groups is 1. The molecule has 0 heterocycles. The Balaban J connectivity index is 2.20. The molecule has 0 saturated carbocycles. The Bertz CT molecular complexity index is 770. The van der Waals surface area contributed by atoms with E-state index in [9.17, 15) is 23.1 Å². The predicted molar refractivity (Wildman–Crippen MR) is 87.5 cm³/mol. The third kappa shape index (κ3) is 5.35. The molecule has 2 aromatic rings. The predicted octanol–water partition coefficient (Wildman–Crippen LogP) is 4.97. The summed E-state index contributed by atoms with van der Waals surface area (Å²) < 4.78 is 41.4. The van der Waals surface area contributed by atoms with Crippen molar-refractivity contribution in [3.63, 3.8) is 0 Å². The van der Waals surface area contributed by atoms with Gasteiger partial charge in [-0.15, -0.1) is 0 Å². The molecule has 0 aliphatic carbocycles. The zero-order valence-electron chi connectivity index (χ0n) is 12.9. The third-order valence-electron chi connectivity index (χ3n) is 3.09. The molecule has 0 bridgehead atoms. The summed E-state index contributed by atoms with van der Waals surface area (Å²) in [6.07, 6.45) is -4.86. The van der Waals surface area contributed by atoms with Crippen molar-refractivity contribution in [2.45, 2.75) is 11.1 Å². The summed E-state index contributed by atoms with van der Waals surface area (Å²) in [7, 11) is 1.39. The summed E-state index contributed by atoms with van der Waals surface area (Å²) in [6, 6.07) is 13.4. The van der Waals surface area contributed by atoms with Gasteiger partial charge in [-0.25, -0.2) is 4.89 Å². The van der Waals surface area contributed by atoms with E-state index in [2.05, 4.69) is 4.89 Å². The lowest BCUT2D eigenvalue weighted by atomic mass is 10.0. The number of benzene rings is 2. The van der Waals surface area contributed by atoms with Crippen molar-refractivity contribution < 1.29 is 32.3 Å². The van der Waals surface area contributed by atoms with Crippen LogP contribution in [0.2, 0.25) is 0 Å². The van der Waals surface area contributed by atoms with Crippen LogP contribution in [0.25, 0.3) is 16.9 Å². The number of carbonyl (C=O) groups is 1. The molecular formula is C17H13F3O4S. The molecule has 0 radical (unpaired) electrons. The van der Waals surface area contributed by atoms with E-state index in [0.717, 1.165) is 28.1 Å². The topological polar surface area (TPSA) is 55.8 Å². The Kier molecular flexibility index (Phi) is 6.24. The van der Waals surface area contributed by atoms with Crippen molar-refractivity contribution in [2.75, 3.05) is 7.11 Å². The Labute approximate surface area is 146 Å². The van der Waals surface area contributed by atoms with Crippen molar-refractivity contribution in [1.82, 2.24) is 0 Å². The minimum atomic E-state index is -5.02. The quantitative estimate of drug-likeness (QED) is 0.256. The molecule has 1 N–H and O–H groups in total. The highest BCUT2D eigenvalue weighted by Gasteiger charge is 2.36. The van der Waals surface area contributed by atoms with Crippen LogP contribution in [0.3, 0.4) is 0 Å². The van der Waals surface area contributed by atoms with Crippen molar-refractivity contribution in [3.05, 3.63) is 60.2 Å². The first-order valence-corrected chi connectivity index (χ1v) is 7.65. The number of allylic oxidation sites excluding steroid dienone is 1. The van der Waals surface area contributed by atoms with Crippen LogP contribution in [0.5, 0.6) is 0 Å². The monoisotopic (exact) mass is 370 g/mol. The highest BCUT2D eigenvalue weighted by atomic mass is 32.2. The molecule has 25 heavy (non-hydrogen) atoms. The Morgan fingerprint density at radius 2 is 1.80 bits per heavy atom. The van der Waals surface area contributed by atoms with Crippen LogP contribution in [0.1, 0.15) is 5.56 Å². The van der Waals surface area contributed by atoms with Gasteiger partial charge in [0.1, 0.15) is 5.76 Å². The van der Waals surface area contributed by atoms with E-state index in [1.165, 1.54) is 19.2 Å². The number of halogens is 3. The van der Waals surface area contributed by atoms with Gasteiger partial charge in [0.05, 0.1) is 19.2 Å². The lowest BCUT2D eigenvalue weighted by Gasteiger charge is -2.06. The van der Waals surface area contributed by atoms with Gasteiger partial charge >= 0.3 is 6.18 Å². The van der Waals surface area contributed by atoms with Crippen LogP contribution in [-0.4, -0.2) is 24.2 Å². The molecule has 0 fully saturated rings. The zero-order chi connectivity index (χ0) is 18.4. The molecule has 2 rings (SSSR count). The molecule has 4 nitrogen and oxygen atoms in total. The minimum Gasteiger partial charge on any atom is -0.507 e. The molecule has 132 valence electrons. The van der Waals surface area contributed by atoms with E-state index in [1.54, 1.807) is 12.1 Å². The Morgan fingerprint density at radius 1 is 1.12 bits per heavy atom. The highest BCUT2D eigenvalue weighted by molar-refractivity contribution is 7.94. The summed E-state index contributed by atoms with van der Waals surface area (Å²) in [5.74, 6) is -2.86. The number of aliphatic hydroxyl groups excluding tert-OH is 1. The summed E-state index contributed by atoms with van der Waals surface area (Å²) >= 11 is 1.03. The fourth-order valence-corrected chi connectivity index (χ4v) is 2.38. The lowest BCUT2D eigenvalue weighted by Crippen LogP contribution is -2.20. The van der Waals surface area contributed by atoms with E-state index in [1.807, 2.05) is 24.3 Å². The third-order valence-corrected chi connectivity index (χ3v) is 3.74. The Morgan fingerprint density at radius 3 is 2.40 bits per heavy atom. The largest absolute Gasteiger partial charge is 0.507 e. The standard InChI is InChI=1S/C17H13F3O4S/c1-23-24-25-14-4-2-3-13(9-14)11-5-7-12(8-6-11)15(21)10-16(22)17(18,19)20/h2-10,21H,1H3. The SMILES string of the molecule is COOSc1cccc(-c2ccc(C(O)=CC(=O)C(F)(F)F)cc2)c1. The number of hydrogen-bond donors (Lipinski definition) is 1. The maximum atomic E-state index is 12.2. The number of carbonyl (C=O) groups excluding carboxylic acids is 1. The van der Waals surface area contributed by atoms with Crippen LogP contribution in [0.15, 0.2) is 59.5 Å². The second-order valence-electron chi connectivity index (χ2n) is 4.81. The Hall–Kier alpha value is -2.29. The van der Waals surface area contributed by atoms with Crippen LogP contribution < -0.4 is 0 Å². The van der Waals surface area contributed by atoms with Gasteiger partial charge in [0.25, 0.3) is 5.78 Å². The van der Waals surface area contributed by atoms with Crippen LogP contribution in [0, 0.1) is 0 Å². The summed E-state index contributed by atoms with van der Waals surface area (Å²) in [5, 5.41) is 9.66. The number of hydrogen-bond acceptors (Lipinski definition) is 5. The normalized spacial score (nSPS) is 12.2. The van der Waals surface area contributed by atoms with Crippen molar-refractivity contribution in [3.8, 4) is 11.1 Å². The van der Waals surface area contributed by atoms with Gasteiger partial charge in [-0.05, 0) is 23.3 Å². The second-order valence-corrected chi connectivity index (χ2v) is 5.59. The second kappa shape index (κ2) is 8.19. The first-order valence-electron chi connectivity index (χ1n) is 6.91. The number of ketones is 1. The molecule has 0 aromatic heterocycles. The summed E-state index contributed by atoms with van der Waals surface area (Å²) in [4.78, 5) is 16.2. The molecular weight excluding hydrogens is 357 g/mol. The van der Waals surface area contributed by atoms with Gasteiger partial charge in [-0.1, -0.05) is 36.4 Å². The van der Waals surface area contributed by atoms with Crippen molar-refractivity contribution in [1.29, 1.82) is 0 Å². The average molecular weight is 370 g/mol. The van der Waals surface area contributed by atoms with Gasteiger partial charge in [-0.3, -0.25) is 4.79 Å². The van der Waals surface area contributed by atoms with Crippen molar-refractivity contribution in [2.24, 2.45) is 0 Å². The fourth-order valence-electron chi connectivity index (χ4n) is 1.92. The van der Waals surface area contributed by atoms with Gasteiger partial charge in [0.2, 0.25) is 0 Å². The molecule has 0 aliphatic heterocycles. The number of alkyl halides is 3. The molecule has 2 aromatic carbocycles. The molecule has 0 spiro atoms. The molecule has 0 saturated heterocycles. The first kappa shape index (κ1) is 19.0. The van der Waals surface area contributed by atoms with Crippen LogP contribution in [-0.2, 0) is 14.0 Å². The maximum absolute atomic E-state index is 12.2. The van der Waals surface area contributed by atoms with E-state index in [4.69, 9.17) is 4.33 Å². The van der Waals surface area contributed by atoms with Gasteiger partial charge in [0.15, 0.2) is 0 Å². The van der Waals surface area contributed by atoms with Crippen molar-refractivity contribution >= 4 is 23.6 Å². The van der Waals surface area contributed by atoms with E-state index >= 15 is 0 Å². The van der Waals surface area contributed by atoms with Crippen LogP contribution in [0.4, 0.5) is 13.2 Å². The molecule has 0 unspecified atom stereocenters. The van der Waals surface area contributed by atoms with E-state index in [0.29, 0.717) is 0 Å². The van der Waals surface area contributed by atoms with E-state index in [-0.39, 0.29) is 11.6 Å². The molecule has 0 aliphatic rings. The summed E-state index contributed by atoms with van der Waals surface area (Å²) in [6.45, 7) is 0. The maximum Gasteiger partial charge on any atom is 0.454 e. The van der Waals surface area contributed by atoms with E-state index < -0.39 is 17.7 Å².